The van der Waals surface area contributed by atoms with Crippen LogP contribution in [-0.2, 0) is 4.79 Å². The van der Waals surface area contributed by atoms with Crippen LogP contribution in [0.3, 0.4) is 0 Å². The van der Waals surface area contributed by atoms with Crippen LogP contribution in [0, 0.1) is 10.8 Å². The van der Waals surface area contributed by atoms with Crippen LogP contribution in [0.2, 0.25) is 0 Å². The highest BCUT2D eigenvalue weighted by molar-refractivity contribution is 6.39. The van der Waals surface area contributed by atoms with E-state index in [-0.39, 0.29) is 5.03 Å². The quantitative estimate of drug-likeness (QED) is 0.638. The highest BCUT2D eigenvalue weighted by Crippen LogP contribution is 2.48. The van der Waals surface area contributed by atoms with E-state index < -0.39 is 11.4 Å². The monoisotopic (exact) mass is 173 g/mol. The predicted molar refractivity (Wildman–Crippen MR) is 42.0 cm³/mol. The van der Waals surface area contributed by atoms with E-state index >= 15 is 0 Å². The van der Waals surface area contributed by atoms with Crippen molar-refractivity contribution in [1.29, 1.82) is 5.41 Å². The van der Waals surface area contributed by atoms with Gasteiger partial charge in [-0.2, -0.15) is 0 Å². The smallest absolute Gasteiger partial charge is 0.313 e. The molecule has 1 aliphatic rings. The molecule has 0 bridgehead atoms. The van der Waals surface area contributed by atoms with Crippen molar-refractivity contribution in [2.45, 2.75) is 12.8 Å². The predicted octanol–water partition coefficient (Wildman–Crippen LogP) is 1.62. The van der Waals surface area contributed by atoms with Crippen LogP contribution in [0.15, 0.2) is 11.1 Å². The number of carboxylic acid groups (broad SMARTS) is 1. The molecule has 0 heterocycles. The Labute approximate surface area is 69.2 Å². The van der Waals surface area contributed by atoms with Crippen molar-refractivity contribution in [3.8, 4) is 0 Å². The van der Waals surface area contributed by atoms with Gasteiger partial charge < -0.3 is 10.5 Å². The van der Waals surface area contributed by atoms with Gasteiger partial charge in [-0.1, -0.05) is 11.6 Å². The van der Waals surface area contributed by atoms with Crippen molar-refractivity contribution in [2.24, 2.45) is 5.41 Å². The molecule has 0 aromatic carbocycles. The third kappa shape index (κ3) is 1.60. The summed E-state index contributed by atoms with van der Waals surface area (Å²) in [6.45, 7) is 0. The lowest BCUT2D eigenvalue weighted by atomic mass is 10.1. The molecule has 1 fully saturated rings. The van der Waals surface area contributed by atoms with Crippen molar-refractivity contribution in [2.75, 3.05) is 0 Å². The third-order valence-electron chi connectivity index (χ3n) is 1.77. The van der Waals surface area contributed by atoms with Crippen LogP contribution < -0.4 is 0 Å². The van der Waals surface area contributed by atoms with Gasteiger partial charge in [0.05, 0.1) is 10.4 Å². The fraction of sp³-hybridized carbons (Fsp3) is 0.429. The Morgan fingerprint density at radius 2 is 2.18 bits per heavy atom. The zero-order chi connectivity index (χ0) is 8.48. The number of halogens is 1. The first kappa shape index (κ1) is 8.27. The Hall–Kier alpha value is -0.830. The molecule has 1 saturated carbocycles. The fourth-order valence-corrected chi connectivity index (χ4v) is 1.07. The molecule has 4 heteroatoms. The van der Waals surface area contributed by atoms with Crippen molar-refractivity contribution < 1.29 is 9.90 Å². The first-order valence-electron chi connectivity index (χ1n) is 3.23. The van der Waals surface area contributed by atoms with Crippen LogP contribution in [0.1, 0.15) is 12.8 Å². The molecule has 0 unspecified atom stereocenters. The van der Waals surface area contributed by atoms with Gasteiger partial charge in [-0.25, -0.2) is 0 Å². The maximum Gasteiger partial charge on any atom is 0.313 e. The summed E-state index contributed by atoms with van der Waals surface area (Å²) in [6, 6.07) is 0. The summed E-state index contributed by atoms with van der Waals surface area (Å²) in [7, 11) is 0. The molecule has 11 heavy (non-hydrogen) atoms. The summed E-state index contributed by atoms with van der Waals surface area (Å²) in [4.78, 5) is 10.6. The summed E-state index contributed by atoms with van der Waals surface area (Å²) in [6.07, 6.45) is 3.65. The van der Waals surface area contributed by atoms with Gasteiger partial charge >= 0.3 is 5.97 Å². The van der Waals surface area contributed by atoms with E-state index in [0.29, 0.717) is 12.8 Å². The van der Waals surface area contributed by atoms with Crippen LogP contribution in [-0.4, -0.2) is 17.3 Å². The third-order valence-corrected chi connectivity index (χ3v) is 1.98. The minimum atomic E-state index is -0.850. The summed E-state index contributed by atoms with van der Waals surface area (Å²) in [5.74, 6) is -0.850. The molecular formula is C7H8ClNO2. The molecule has 0 aromatic rings. The second-order valence-electron chi connectivity index (χ2n) is 2.63. The average Bonchev–Trinajstić information content (AvgIpc) is 2.69. The lowest BCUT2D eigenvalue weighted by Gasteiger charge is -2.00. The number of aliphatic carboxylic acids is 1. The molecule has 0 aliphatic heterocycles. The Balaban J connectivity index is 2.75. The molecule has 0 atom stereocenters. The first-order valence-corrected chi connectivity index (χ1v) is 3.61. The number of nitrogens with one attached hydrogen (secondary N) is 1. The Morgan fingerprint density at radius 3 is 2.45 bits per heavy atom. The topological polar surface area (TPSA) is 61.2 Å². The van der Waals surface area contributed by atoms with Crippen LogP contribution in [0.4, 0.5) is 0 Å². The minimum Gasteiger partial charge on any atom is -0.481 e. The maximum absolute atomic E-state index is 10.6. The van der Waals surface area contributed by atoms with Crippen LogP contribution >= 0.6 is 11.6 Å². The Kier molecular flexibility index (Phi) is 2.00. The largest absolute Gasteiger partial charge is 0.481 e. The van der Waals surface area contributed by atoms with E-state index in [0.717, 1.165) is 6.21 Å². The van der Waals surface area contributed by atoms with Gasteiger partial charge in [-0.15, -0.1) is 0 Å². The van der Waals surface area contributed by atoms with E-state index in [2.05, 4.69) is 0 Å². The summed E-state index contributed by atoms with van der Waals surface area (Å²) < 4.78 is 0. The second-order valence-corrected chi connectivity index (χ2v) is 3.07. The number of hydrogen-bond acceptors (Lipinski definition) is 2. The van der Waals surface area contributed by atoms with Gasteiger partial charge in [0.1, 0.15) is 0 Å². The second kappa shape index (κ2) is 2.66. The lowest BCUT2D eigenvalue weighted by molar-refractivity contribution is -0.141. The molecule has 60 valence electrons. The summed E-state index contributed by atoms with van der Waals surface area (Å²) in [5, 5.41) is 15.6. The van der Waals surface area contributed by atoms with E-state index in [1.54, 1.807) is 0 Å². The van der Waals surface area contributed by atoms with Gasteiger partial charge in [-0.05, 0) is 18.9 Å². The van der Waals surface area contributed by atoms with Gasteiger partial charge in [-0.3, -0.25) is 4.79 Å². The standard InChI is InChI=1S/C7H8ClNO2/c8-5(4-9)3-7(1-2-7)6(10)11/h3-4,9H,1-2H2,(H,10,11)/b5-3-,9-4?. The summed E-state index contributed by atoms with van der Waals surface area (Å²) >= 11 is 5.49. The van der Waals surface area contributed by atoms with Gasteiger partial charge in [0, 0.05) is 6.21 Å². The molecule has 3 nitrogen and oxygen atoms in total. The molecule has 2 N–H and O–H groups in total. The number of allylic oxidation sites excluding steroid dienone is 1. The van der Waals surface area contributed by atoms with Gasteiger partial charge in [0.25, 0.3) is 0 Å². The lowest BCUT2D eigenvalue weighted by Crippen LogP contribution is -2.11. The number of rotatable bonds is 3. The molecule has 0 amide bonds. The SMILES string of the molecule is N=C/C(Cl)=C/C1(C(=O)O)CC1. The van der Waals surface area contributed by atoms with E-state index in [9.17, 15) is 4.79 Å². The van der Waals surface area contributed by atoms with Crippen LogP contribution in [0.25, 0.3) is 0 Å². The number of carboxylic acids is 1. The van der Waals surface area contributed by atoms with Crippen LogP contribution in [0.5, 0.6) is 0 Å². The van der Waals surface area contributed by atoms with Crippen molar-refractivity contribution in [3.05, 3.63) is 11.1 Å². The zero-order valence-corrected chi connectivity index (χ0v) is 6.56. The van der Waals surface area contributed by atoms with E-state index in [1.807, 2.05) is 0 Å². The van der Waals surface area contributed by atoms with E-state index in [1.165, 1.54) is 6.08 Å². The fourth-order valence-electron chi connectivity index (χ4n) is 0.860. The van der Waals surface area contributed by atoms with Gasteiger partial charge in [0.15, 0.2) is 0 Å². The highest BCUT2D eigenvalue weighted by atomic mass is 35.5. The molecular weight excluding hydrogens is 166 g/mol. The van der Waals surface area contributed by atoms with Gasteiger partial charge in [0.2, 0.25) is 0 Å². The van der Waals surface area contributed by atoms with Crippen molar-refractivity contribution >= 4 is 23.8 Å². The molecule has 0 aromatic heterocycles. The van der Waals surface area contributed by atoms with Crippen molar-refractivity contribution in [3.63, 3.8) is 0 Å². The Morgan fingerprint density at radius 1 is 1.64 bits per heavy atom. The molecule has 1 aliphatic carbocycles. The minimum absolute atomic E-state index is 0.199. The molecule has 0 saturated heterocycles. The Bertz CT molecular complexity index is 231. The molecule has 1 rings (SSSR count). The number of carbonyl (C=O) groups is 1. The number of hydrogen-bond donors (Lipinski definition) is 2. The summed E-state index contributed by atoms with van der Waals surface area (Å²) in [5.41, 5.74) is -0.755. The van der Waals surface area contributed by atoms with Crippen molar-refractivity contribution in [1.82, 2.24) is 0 Å². The maximum atomic E-state index is 10.6. The zero-order valence-electron chi connectivity index (χ0n) is 5.80. The first-order chi connectivity index (χ1) is 5.10. The van der Waals surface area contributed by atoms with E-state index in [4.69, 9.17) is 22.1 Å². The normalized spacial score (nSPS) is 21.0. The average molecular weight is 174 g/mol. The highest BCUT2D eigenvalue weighted by Gasteiger charge is 2.48. The molecule has 0 spiro atoms. The molecule has 0 radical (unpaired) electrons.